The molecule has 0 unspecified atom stereocenters. The maximum absolute atomic E-state index is 5.22. The van der Waals surface area contributed by atoms with Gasteiger partial charge >= 0.3 is 0 Å². The van der Waals surface area contributed by atoms with Crippen molar-refractivity contribution in [2.45, 2.75) is 25.8 Å². The summed E-state index contributed by atoms with van der Waals surface area (Å²) in [5, 5.41) is 14.5. The van der Waals surface area contributed by atoms with Gasteiger partial charge in [0.1, 0.15) is 5.75 Å². The van der Waals surface area contributed by atoms with Crippen LogP contribution < -0.4 is 15.4 Å². The third-order valence-corrected chi connectivity index (χ3v) is 4.01. The summed E-state index contributed by atoms with van der Waals surface area (Å²) in [5.74, 6) is 1.82. The van der Waals surface area contributed by atoms with Crippen LogP contribution in [0.4, 0.5) is 5.82 Å². The number of benzene rings is 1. The van der Waals surface area contributed by atoms with E-state index in [2.05, 4.69) is 39.9 Å². The van der Waals surface area contributed by atoms with E-state index >= 15 is 0 Å². The number of nitrogens with one attached hydrogen (secondary N) is 3. The van der Waals surface area contributed by atoms with Crippen molar-refractivity contribution in [2.24, 2.45) is 0 Å². The molecule has 3 rings (SSSR count). The third kappa shape index (κ3) is 3.03. The highest BCUT2D eigenvalue weighted by Crippen LogP contribution is 2.31. The highest BCUT2D eigenvalue weighted by atomic mass is 16.5. The normalized spacial score (nSPS) is 15.9. The van der Waals surface area contributed by atoms with Crippen LogP contribution in [0.3, 0.4) is 0 Å². The molecule has 3 N–H and O–H groups in total. The van der Waals surface area contributed by atoms with Crippen molar-refractivity contribution in [3.05, 3.63) is 30.0 Å². The fourth-order valence-corrected chi connectivity index (χ4v) is 2.80. The molecule has 5 nitrogen and oxygen atoms in total. The minimum atomic E-state index is 0.492. The summed E-state index contributed by atoms with van der Waals surface area (Å²) < 4.78 is 5.22. The molecule has 1 aromatic carbocycles. The first-order chi connectivity index (χ1) is 10.3. The summed E-state index contributed by atoms with van der Waals surface area (Å²) in [4.78, 5) is 0. The molecule has 2 aromatic rings. The number of rotatable bonds is 4. The Morgan fingerprint density at radius 1 is 1.19 bits per heavy atom. The van der Waals surface area contributed by atoms with Gasteiger partial charge in [-0.25, -0.2) is 0 Å². The fraction of sp³-hybridized carbons (Fsp3) is 0.438. The molecule has 0 saturated carbocycles. The van der Waals surface area contributed by atoms with Crippen molar-refractivity contribution >= 4 is 5.82 Å². The highest BCUT2D eigenvalue weighted by molar-refractivity contribution is 5.77. The van der Waals surface area contributed by atoms with Crippen LogP contribution in [0.1, 0.15) is 18.5 Å². The second kappa shape index (κ2) is 6.18. The van der Waals surface area contributed by atoms with E-state index in [0.29, 0.717) is 6.04 Å². The Morgan fingerprint density at radius 3 is 2.57 bits per heavy atom. The number of aromatic nitrogens is 2. The van der Waals surface area contributed by atoms with Gasteiger partial charge in [0.25, 0.3) is 0 Å². The molecule has 112 valence electrons. The zero-order valence-corrected chi connectivity index (χ0v) is 12.6. The molecule has 5 heteroatoms. The van der Waals surface area contributed by atoms with Crippen LogP contribution in [0.2, 0.25) is 0 Å². The van der Waals surface area contributed by atoms with Crippen molar-refractivity contribution in [3.8, 4) is 16.9 Å². The number of piperidine rings is 1. The summed E-state index contributed by atoms with van der Waals surface area (Å²) >= 11 is 0. The van der Waals surface area contributed by atoms with Crippen LogP contribution >= 0.6 is 0 Å². The molecular formula is C16H22N4O. The van der Waals surface area contributed by atoms with E-state index in [-0.39, 0.29) is 0 Å². The van der Waals surface area contributed by atoms with Gasteiger partial charge in [-0.3, -0.25) is 5.10 Å². The van der Waals surface area contributed by atoms with Gasteiger partial charge in [-0.05, 0) is 50.6 Å². The zero-order chi connectivity index (χ0) is 14.7. The predicted octanol–water partition coefficient (Wildman–Crippen LogP) is 2.56. The van der Waals surface area contributed by atoms with Crippen LogP contribution in [0, 0.1) is 6.92 Å². The average Bonchev–Trinajstić information content (AvgIpc) is 2.89. The van der Waals surface area contributed by atoms with E-state index in [1.807, 2.05) is 12.1 Å². The van der Waals surface area contributed by atoms with Gasteiger partial charge in [-0.15, -0.1) is 0 Å². The Morgan fingerprint density at radius 2 is 1.90 bits per heavy atom. The van der Waals surface area contributed by atoms with E-state index in [9.17, 15) is 0 Å². The molecule has 1 fully saturated rings. The van der Waals surface area contributed by atoms with Crippen molar-refractivity contribution < 1.29 is 4.74 Å². The number of anilines is 1. The minimum Gasteiger partial charge on any atom is -0.497 e. The van der Waals surface area contributed by atoms with Crippen LogP contribution in [0.5, 0.6) is 5.75 Å². The second-order valence-corrected chi connectivity index (χ2v) is 5.47. The SMILES string of the molecule is COc1ccc(-c2c(NC3CCNCC3)n[nH]c2C)cc1. The second-order valence-electron chi connectivity index (χ2n) is 5.47. The lowest BCUT2D eigenvalue weighted by Crippen LogP contribution is -2.35. The van der Waals surface area contributed by atoms with Gasteiger partial charge < -0.3 is 15.4 Å². The average molecular weight is 286 g/mol. The van der Waals surface area contributed by atoms with Crippen molar-refractivity contribution in [3.63, 3.8) is 0 Å². The standard InChI is InChI=1S/C16H22N4O/c1-11-15(12-3-5-14(21-2)6-4-12)16(20-19-11)18-13-7-9-17-10-8-13/h3-6,13,17H,7-10H2,1-2H3,(H2,18,19,20). The molecule has 0 atom stereocenters. The molecule has 0 radical (unpaired) electrons. The van der Waals surface area contributed by atoms with E-state index in [0.717, 1.165) is 54.3 Å². The third-order valence-electron chi connectivity index (χ3n) is 4.01. The first-order valence-corrected chi connectivity index (χ1v) is 7.44. The highest BCUT2D eigenvalue weighted by Gasteiger charge is 2.18. The van der Waals surface area contributed by atoms with Crippen molar-refractivity contribution in [1.29, 1.82) is 0 Å². The summed E-state index contributed by atoms with van der Waals surface area (Å²) in [7, 11) is 1.68. The van der Waals surface area contributed by atoms with Gasteiger partial charge in [0.05, 0.1) is 7.11 Å². The largest absolute Gasteiger partial charge is 0.497 e. The number of methoxy groups -OCH3 is 1. The van der Waals surface area contributed by atoms with Crippen LogP contribution in [0.15, 0.2) is 24.3 Å². The van der Waals surface area contributed by atoms with Crippen LogP contribution in [-0.4, -0.2) is 36.4 Å². The Balaban J connectivity index is 1.85. The predicted molar refractivity (Wildman–Crippen MR) is 84.8 cm³/mol. The maximum atomic E-state index is 5.22. The quantitative estimate of drug-likeness (QED) is 0.808. The number of aryl methyl sites for hydroxylation is 1. The van der Waals surface area contributed by atoms with Crippen LogP contribution in [0.25, 0.3) is 11.1 Å². The molecule has 0 spiro atoms. The molecule has 0 bridgehead atoms. The molecule has 2 heterocycles. The number of ether oxygens (including phenoxy) is 1. The Labute approximate surface area is 125 Å². The summed E-state index contributed by atoms with van der Waals surface area (Å²) in [6.07, 6.45) is 2.27. The summed E-state index contributed by atoms with van der Waals surface area (Å²) in [5.41, 5.74) is 3.38. The Hall–Kier alpha value is -2.01. The van der Waals surface area contributed by atoms with Gasteiger partial charge in [0.2, 0.25) is 0 Å². The minimum absolute atomic E-state index is 0.492. The number of H-pyrrole nitrogens is 1. The van der Waals surface area contributed by atoms with Crippen molar-refractivity contribution in [1.82, 2.24) is 15.5 Å². The number of nitrogens with zero attached hydrogens (tertiary/aromatic N) is 1. The Bertz CT molecular complexity index is 585. The number of hydrogen-bond acceptors (Lipinski definition) is 4. The first-order valence-electron chi connectivity index (χ1n) is 7.44. The van der Waals surface area contributed by atoms with Gasteiger partial charge in [-0.2, -0.15) is 5.10 Å². The smallest absolute Gasteiger partial charge is 0.156 e. The molecule has 21 heavy (non-hydrogen) atoms. The fourth-order valence-electron chi connectivity index (χ4n) is 2.80. The Kier molecular flexibility index (Phi) is 4.10. The first kappa shape index (κ1) is 13.9. The monoisotopic (exact) mass is 286 g/mol. The lowest BCUT2D eigenvalue weighted by atomic mass is 10.0. The summed E-state index contributed by atoms with van der Waals surface area (Å²) in [6.45, 7) is 4.19. The maximum Gasteiger partial charge on any atom is 0.156 e. The van der Waals surface area contributed by atoms with Gasteiger partial charge in [0, 0.05) is 17.3 Å². The lowest BCUT2D eigenvalue weighted by molar-refractivity contribution is 0.415. The van der Waals surface area contributed by atoms with Gasteiger partial charge in [-0.1, -0.05) is 12.1 Å². The van der Waals surface area contributed by atoms with Crippen molar-refractivity contribution in [2.75, 3.05) is 25.5 Å². The van der Waals surface area contributed by atoms with E-state index in [4.69, 9.17) is 4.74 Å². The molecular weight excluding hydrogens is 264 g/mol. The molecule has 1 aliphatic rings. The number of hydrogen-bond donors (Lipinski definition) is 3. The van der Waals surface area contributed by atoms with Crippen LogP contribution in [-0.2, 0) is 0 Å². The van der Waals surface area contributed by atoms with E-state index in [1.54, 1.807) is 7.11 Å². The summed E-state index contributed by atoms with van der Waals surface area (Å²) in [6, 6.07) is 8.60. The van der Waals surface area contributed by atoms with Gasteiger partial charge in [0.15, 0.2) is 5.82 Å². The molecule has 1 aromatic heterocycles. The molecule has 1 aliphatic heterocycles. The van der Waals surface area contributed by atoms with E-state index in [1.165, 1.54) is 0 Å². The molecule has 0 aliphatic carbocycles. The molecule has 0 amide bonds. The molecule has 1 saturated heterocycles. The van der Waals surface area contributed by atoms with E-state index < -0.39 is 0 Å². The zero-order valence-electron chi connectivity index (χ0n) is 12.6. The topological polar surface area (TPSA) is 62.0 Å². The number of aromatic amines is 1. The lowest BCUT2D eigenvalue weighted by Gasteiger charge is -2.24.